The van der Waals surface area contributed by atoms with Crippen molar-refractivity contribution in [1.29, 1.82) is 0 Å². The number of benzene rings is 1. The Kier molecular flexibility index (Phi) is 6.52. The molecule has 6 nitrogen and oxygen atoms in total. The molecule has 4 rings (SSSR count). The molecule has 0 spiro atoms. The second-order valence-electron chi connectivity index (χ2n) is 7.80. The number of ketones is 1. The van der Waals surface area contributed by atoms with Crippen LogP contribution in [-0.4, -0.2) is 33.6 Å². The molecule has 1 fully saturated rings. The molecular weight excluding hydrogens is 396 g/mol. The third-order valence-corrected chi connectivity index (χ3v) is 6.44. The van der Waals surface area contributed by atoms with E-state index in [1.54, 1.807) is 0 Å². The lowest BCUT2D eigenvalue weighted by molar-refractivity contribution is -0.0471. The molecule has 2 atom stereocenters. The summed E-state index contributed by atoms with van der Waals surface area (Å²) in [6, 6.07) is 17.7. The van der Waals surface area contributed by atoms with Gasteiger partial charge in [0.1, 0.15) is 5.69 Å². The van der Waals surface area contributed by atoms with Gasteiger partial charge in [-0.15, -0.1) is 5.10 Å². The molecule has 30 heavy (non-hydrogen) atoms. The maximum Gasteiger partial charge on any atom is 0.203 e. The van der Waals surface area contributed by atoms with Crippen molar-refractivity contribution in [1.82, 2.24) is 20.8 Å². The van der Waals surface area contributed by atoms with E-state index in [9.17, 15) is 4.79 Å². The topological polar surface area (TPSA) is 67.3 Å². The summed E-state index contributed by atoms with van der Waals surface area (Å²) in [6.07, 6.45) is 2.53. The van der Waals surface area contributed by atoms with Gasteiger partial charge in [0.2, 0.25) is 5.06 Å². The number of hydrogen-bond donors (Lipinski definition) is 1. The summed E-state index contributed by atoms with van der Waals surface area (Å²) < 4.78 is 0. The smallest absolute Gasteiger partial charge is 0.203 e. The molecule has 1 aromatic carbocycles. The molecule has 0 saturated carbocycles. The fourth-order valence-corrected chi connectivity index (χ4v) is 4.52. The van der Waals surface area contributed by atoms with Gasteiger partial charge in [-0.3, -0.25) is 4.79 Å². The van der Waals surface area contributed by atoms with E-state index in [-0.39, 0.29) is 11.8 Å². The molecule has 0 bridgehead atoms. The molecule has 3 aromatic rings. The number of hydrogen-bond acceptors (Lipinski definition) is 7. The highest BCUT2D eigenvalue weighted by Gasteiger charge is 2.27. The van der Waals surface area contributed by atoms with E-state index in [1.807, 2.05) is 61.5 Å². The molecule has 2 aromatic heterocycles. The van der Waals surface area contributed by atoms with Gasteiger partial charge in [-0.05, 0) is 56.9 Å². The van der Waals surface area contributed by atoms with E-state index < -0.39 is 0 Å². The number of aryl methyl sites for hydroxylation is 1. The van der Waals surface area contributed by atoms with Crippen LogP contribution >= 0.6 is 11.3 Å². The predicted octanol–water partition coefficient (Wildman–Crippen LogP) is 4.69. The van der Waals surface area contributed by atoms with Crippen LogP contribution in [0.3, 0.4) is 0 Å². The van der Waals surface area contributed by atoms with Crippen LogP contribution in [0.1, 0.15) is 42.2 Å². The number of thiophene rings is 1. The van der Waals surface area contributed by atoms with Gasteiger partial charge >= 0.3 is 0 Å². The fourth-order valence-electron chi connectivity index (χ4n) is 3.74. The number of aromatic nitrogens is 2. The molecule has 0 aliphatic carbocycles. The molecule has 1 aliphatic rings. The number of nitrogens with one attached hydrogen (secondary N) is 1. The predicted molar refractivity (Wildman–Crippen MR) is 118 cm³/mol. The van der Waals surface area contributed by atoms with Crippen molar-refractivity contribution < 1.29 is 9.63 Å². The summed E-state index contributed by atoms with van der Waals surface area (Å²) in [5, 5.41) is 11.2. The minimum Gasteiger partial charge on any atom is -0.383 e. The van der Waals surface area contributed by atoms with Crippen LogP contribution < -0.4 is 10.4 Å². The zero-order valence-corrected chi connectivity index (χ0v) is 18.1. The summed E-state index contributed by atoms with van der Waals surface area (Å²) in [6.45, 7) is 4.93. The van der Waals surface area contributed by atoms with Crippen LogP contribution in [0, 0.1) is 12.8 Å². The Morgan fingerprint density at radius 1 is 1.17 bits per heavy atom. The first-order valence-corrected chi connectivity index (χ1v) is 11.1. The largest absolute Gasteiger partial charge is 0.383 e. The Bertz CT molecular complexity index is 974. The summed E-state index contributed by atoms with van der Waals surface area (Å²) in [5.41, 5.74) is 5.64. The minimum atomic E-state index is 0.232. The maximum atomic E-state index is 12.5. The van der Waals surface area contributed by atoms with Crippen LogP contribution in [0.5, 0.6) is 5.06 Å². The first-order chi connectivity index (χ1) is 14.6. The number of carbonyl (C=O) groups is 1. The van der Waals surface area contributed by atoms with Gasteiger partial charge < -0.3 is 4.84 Å². The molecule has 1 saturated heterocycles. The first-order valence-electron chi connectivity index (χ1n) is 10.3. The number of Topliss-reactive ketones (excluding diaryl/α,β-unsaturated/α-hetero) is 1. The lowest BCUT2D eigenvalue weighted by Gasteiger charge is -2.36. The van der Waals surface area contributed by atoms with Crippen molar-refractivity contribution in [3.05, 3.63) is 65.9 Å². The Labute approximate surface area is 180 Å². The Morgan fingerprint density at radius 2 is 2.00 bits per heavy atom. The van der Waals surface area contributed by atoms with Gasteiger partial charge in [0.15, 0.2) is 5.78 Å². The Morgan fingerprint density at radius 3 is 2.73 bits per heavy atom. The highest BCUT2D eigenvalue weighted by atomic mass is 32.1. The normalized spacial score (nSPS) is 19.5. The van der Waals surface area contributed by atoms with Crippen LogP contribution in [0.15, 0.2) is 54.6 Å². The second kappa shape index (κ2) is 9.47. The van der Waals surface area contributed by atoms with Gasteiger partial charge in [0.25, 0.3) is 0 Å². The van der Waals surface area contributed by atoms with Gasteiger partial charge in [-0.1, -0.05) is 47.3 Å². The molecule has 1 N–H and O–H groups in total. The van der Waals surface area contributed by atoms with Crippen molar-refractivity contribution in [2.24, 2.45) is 5.92 Å². The summed E-state index contributed by atoms with van der Waals surface area (Å²) in [7, 11) is 0. The van der Waals surface area contributed by atoms with Gasteiger partial charge in [-0.25, -0.2) is 5.01 Å². The van der Waals surface area contributed by atoms with Gasteiger partial charge in [0.05, 0.1) is 10.6 Å². The van der Waals surface area contributed by atoms with Crippen molar-refractivity contribution in [2.75, 3.05) is 6.54 Å². The van der Waals surface area contributed by atoms with Crippen LogP contribution in [-0.2, 0) is 0 Å². The highest BCUT2D eigenvalue weighted by molar-refractivity contribution is 7.17. The highest BCUT2D eigenvalue weighted by Crippen LogP contribution is 2.32. The number of carbonyl (C=O) groups excluding carboxylic acids is 1. The molecule has 3 heterocycles. The van der Waals surface area contributed by atoms with E-state index in [0.717, 1.165) is 46.3 Å². The lowest BCUT2D eigenvalue weighted by atomic mass is 9.87. The maximum absolute atomic E-state index is 12.5. The van der Waals surface area contributed by atoms with E-state index in [4.69, 9.17) is 4.84 Å². The zero-order chi connectivity index (χ0) is 20.9. The third kappa shape index (κ3) is 5.11. The van der Waals surface area contributed by atoms with Crippen molar-refractivity contribution in [3.63, 3.8) is 0 Å². The zero-order valence-electron chi connectivity index (χ0n) is 17.2. The van der Waals surface area contributed by atoms with Gasteiger partial charge in [-0.2, -0.15) is 5.10 Å². The average molecular weight is 423 g/mol. The van der Waals surface area contributed by atoms with E-state index in [1.165, 1.54) is 11.3 Å². The SMILES string of the molecule is Cc1ccc(-c2ccc(ONN3CCC(CC(=O)c4ccccc4)CC3C)s2)nn1. The Balaban J connectivity index is 1.27. The number of hydrazine groups is 1. The molecule has 1 aliphatic heterocycles. The third-order valence-electron chi connectivity index (χ3n) is 5.45. The summed E-state index contributed by atoms with van der Waals surface area (Å²) in [4.78, 5) is 19.3. The molecule has 0 amide bonds. The van der Waals surface area contributed by atoms with E-state index in [0.29, 0.717) is 12.3 Å². The summed E-state index contributed by atoms with van der Waals surface area (Å²) >= 11 is 1.53. The van der Waals surface area contributed by atoms with Crippen LogP contribution in [0.25, 0.3) is 10.6 Å². The minimum absolute atomic E-state index is 0.232. The fraction of sp³-hybridized carbons (Fsp3) is 0.348. The van der Waals surface area contributed by atoms with E-state index >= 15 is 0 Å². The monoisotopic (exact) mass is 422 g/mol. The van der Waals surface area contributed by atoms with Crippen LogP contribution in [0.4, 0.5) is 0 Å². The van der Waals surface area contributed by atoms with Gasteiger partial charge in [0, 0.05) is 24.6 Å². The lowest BCUT2D eigenvalue weighted by Crippen LogP contribution is -2.50. The molecule has 2 unspecified atom stereocenters. The van der Waals surface area contributed by atoms with Crippen molar-refractivity contribution in [2.45, 2.75) is 39.2 Å². The molecular formula is C23H26N4O2S. The number of rotatable bonds is 7. The quantitative estimate of drug-likeness (QED) is 0.440. The average Bonchev–Trinajstić information content (AvgIpc) is 3.23. The number of nitrogens with zero attached hydrogens (tertiary/aromatic N) is 3. The second-order valence-corrected chi connectivity index (χ2v) is 8.84. The van der Waals surface area contributed by atoms with Crippen molar-refractivity contribution >= 4 is 17.1 Å². The molecule has 0 radical (unpaired) electrons. The van der Waals surface area contributed by atoms with E-state index in [2.05, 4.69) is 27.7 Å². The van der Waals surface area contributed by atoms with Crippen LogP contribution in [0.2, 0.25) is 0 Å². The standard InChI is InChI=1S/C23H26N4O2S/c1-16-8-9-20(25-24-16)22-10-11-23(30-22)29-26-27-13-12-18(14-17(27)2)15-21(28)19-6-4-3-5-7-19/h3-11,17-18,26H,12-15H2,1-2H3. The summed E-state index contributed by atoms with van der Waals surface area (Å²) in [5.74, 6) is 0.634. The number of piperidine rings is 1. The first kappa shape index (κ1) is 20.7. The Hall–Kier alpha value is -2.61. The molecule has 7 heteroatoms. The molecule has 156 valence electrons. The van der Waals surface area contributed by atoms with Crippen molar-refractivity contribution in [3.8, 4) is 15.6 Å².